The lowest BCUT2D eigenvalue weighted by atomic mass is 10.1. The third kappa shape index (κ3) is 11.6. The van der Waals surface area contributed by atoms with Crippen molar-refractivity contribution in [3.63, 3.8) is 0 Å². The van der Waals surface area contributed by atoms with Crippen molar-refractivity contribution in [3.05, 3.63) is 0 Å². The minimum Gasteiger partial charge on any atom is -0.467 e. The molecule has 0 heterocycles. The number of ether oxygens (including phenoxy) is 3. The second-order valence-corrected chi connectivity index (χ2v) is 7.29. The summed E-state index contributed by atoms with van der Waals surface area (Å²) in [6.07, 6.45) is -0.480. The molecule has 0 aromatic carbocycles. The molecule has 2 amide bonds. The van der Waals surface area contributed by atoms with Gasteiger partial charge in [0.05, 0.1) is 7.11 Å². The van der Waals surface area contributed by atoms with E-state index in [1.54, 1.807) is 41.5 Å². The van der Waals surface area contributed by atoms with Crippen molar-refractivity contribution in [3.8, 4) is 0 Å². The number of hydrogen-bond donors (Lipinski definition) is 2. The van der Waals surface area contributed by atoms with Crippen molar-refractivity contribution in [1.29, 1.82) is 0 Å². The Morgan fingerprint density at radius 2 is 1.42 bits per heavy atom. The number of hydrogen-bond acceptors (Lipinski definition) is 6. The van der Waals surface area contributed by atoms with Crippen LogP contribution in [0.25, 0.3) is 0 Å². The van der Waals surface area contributed by atoms with Crippen LogP contribution < -0.4 is 10.6 Å². The molecule has 2 N–H and O–H groups in total. The van der Waals surface area contributed by atoms with Crippen LogP contribution in [-0.2, 0) is 19.0 Å². The Labute approximate surface area is 143 Å². The Morgan fingerprint density at radius 3 is 1.88 bits per heavy atom. The third-order valence-corrected chi connectivity index (χ3v) is 2.51. The molecule has 0 saturated heterocycles. The molecule has 0 aromatic rings. The highest BCUT2D eigenvalue weighted by molar-refractivity contribution is 5.81. The lowest BCUT2D eigenvalue weighted by molar-refractivity contribution is -0.143. The normalized spacial score (nSPS) is 12.8. The molecular formula is C16H30N2O6. The zero-order valence-electron chi connectivity index (χ0n) is 15.6. The van der Waals surface area contributed by atoms with Gasteiger partial charge in [0.2, 0.25) is 0 Å². The van der Waals surface area contributed by atoms with Gasteiger partial charge in [-0.1, -0.05) is 0 Å². The van der Waals surface area contributed by atoms with Crippen LogP contribution in [0.4, 0.5) is 9.59 Å². The second kappa shape index (κ2) is 9.34. The van der Waals surface area contributed by atoms with E-state index in [9.17, 15) is 14.4 Å². The lowest BCUT2D eigenvalue weighted by Gasteiger charge is -2.23. The van der Waals surface area contributed by atoms with E-state index in [0.717, 1.165) is 0 Å². The molecule has 0 fully saturated rings. The van der Waals surface area contributed by atoms with Gasteiger partial charge in [0, 0.05) is 6.54 Å². The molecule has 0 aliphatic rings. The van der Waals surface area contributed by atoms with Crippen LogP contribution in [0.15, 0.2) is 0 Å². The maximum Gasteiger partial charge on any atom is 0.408 e. The zero-order chi connectivity index (χ0) is 19.0. The number of methoxy groups -OCH3 is 1. The average Bonchev–Trinajstić information content (AvgIpc) is 2.37. The molecule has 8 nitrogen and oxygen atoms in total. The minimum atomic E-state index is -0.842. The predicted molar refractivity (Wildman–Crippen MR) is 88.6 cm³/mol. The largest absolute Gasteiger partial charge is 0.467 e. The molecule has 24 heavy (non-hydrogen) atoms. The Balaban J connectivity index is 4.33. The molecule has 0 aromatic heterocycles. The van der Waals surface area contributed by atoms with E-state index in [1.165, 1.54) is 7.11 Å². The summed E-state index contributed by atoms with van der Waals surface area (Å²) < 4.78 is 14.9. The van der Waals surface area contributed by atoms with Crippen LogP contribution in [0.5, 0.6) is 0 Å². The van der Waals surface area contributed by atoms with E-state index in [4.69, 9.17) is 9.47 Å². The van der Waals surface area contributed by atoms with Gasteiger partial charge in [-0.05, 0) is 54.4 Å². The number of nitrogens with one attached hydrogen (secondary N) is 2. The molecule has 0 aliphatic heterocycles. The summed E-state index contributed by atoms with van der Waals surface area (Å²) in [5.74, 6) is -0.571. The first-order valence-corrected chi connectivity index (χ1v) is 7.88. The molecule has 0 bridgehead atoms. The van der Waals surface area contributed by atoms with Crippen LogP contribution in [0.1, 0.15) is 54.4 Å². The number of amides is 2. The van der Waals surface area contributed by atoms with Gasteiger partial charge in [0.1, 0.15) is 17.2 Å². The minimum absolute atomic E-state index is 0.293. The highest BCUT2D eigenvalue weighted by Crippen LogP contribution is 2.09. The molecule has 0 rings (SSSR count). The summed E-state index contributed by atoms with van der Waals surface area (Å²) in [5.41, 5.74) is -1.24. The summed E-state index contributed by atoms with van der Waals surface area (Å²) >= 11 is 0. The molecule has 1 atom stereocenters. The SMILES string of the molecule is COC(=O)C(CCCNC(=O)OC(C)(C)C)NC(=O)OC(C)(C)C. The van der Waals surface area contributed by atoms with E-state index in [-0.39, 0.29) is 0 Å². The number of carbonyl (C=O) groups is 3. The summed E-state index contributed by atoms with van der Waals surface area (Å²) in [4.78, 5) is 35.0. The van der Waals surface area contributed by atoms with Crippen molar-refractivity contribution in [2.24, 2.45) is 0 Å². The van der Waals surface area contributed by atoms with Gasteiger partial charge in [-0.2, -0.15) is 0 Å². The van der Waals surface area contributed by atoms with Gasteiger partial charge < -0.3 is 24.8 Å². The van der Waals surface area contributed by atoms with Crippen molar-refractivity contribution < 1.29 is 28.6 Å². The Morgan fingerprint density at radius 1 is 0.917 bits per heavy atom. The maximum absolute atomic E-state index is 11.8. The number of alkyl carbamates (subject to hydrolysis) is 2. The Kier molecular flexibility index (Phi) is 8.57. The van der Waals surface area contributed by atoms with E-state index in [0.29, 0.717) is 19.4 Å². The third-order valence-electron chi connectivity index (χ3n) is 2.51. The van der Waals surface area contributed by atoms with Crippen LogP contribution in [0.3, 0.4) is 0 Å². The van der Waals surface area contributed by atoms with Gasteiger partial charge >= 0.3 is 18.2 Å². The maximum atomic E-state index is 11.8. The quantitative estimate of drug-likeness (QED) is 0.435. The first kappa shape index (κ1) is 22.0. The monoisotopic (exact) mass is 346 g/mol. The van der Waals surface area contributed by atoms with Crippen LogP contribution >= 0.6 is 0 Å². The number of carbonyl (C=O) groups excluding carboxylic acids is 3. The average molecular weight is 346 g/mol. The molecule has 0 spiro atoms. The fourth-order valence-electron chi connectivity index (χ4n) is 1.65. The lowest BCUT2D eigenvalue weighted by Crippen LogP contribution is -2.44. The molecule has 0 radical (unpaired) electrons. The van der Waals surface area contributed by atoms with Gasteiger partial charge in [-0.15, -0.1) is 0 Å². The molecule has 8 heteroatoms. The summed E-state index contributed by atoms with van der Waals surface area (Å²) in [6, 6.07) is -0.842. The highest BCUT2D eigenvalue weighted by Gasteiger charge is 2.24. The predicted octanol–water partition coefficient (Wildman–Crippen LogP) is 2.36. The topological polar surface area (TPSA) is 103 Å². The summed E-state index contributed by atoms with van der Waals surface area (Å²) in [5, 5.41) is 5.06. The number of esters is 1. The van der Waals surface area contributed by atoms with Crippen molar-refractivity contribution in [1.82, 2.24) is 10.6 Å². The first-order chi connectivity index (χ1) is 10.8. The molecule has 140 valence electrons. The first-order valence-electron chi connectivity index (χ1n) is 7.88. The molecular weight excluding hydrogens is 316 g/mol. The van der Waals surface area contributed by atoms with E-state index in [2.05, 4.69) is 15.4 Å². The number of rotatable bonds is 6. The summed E-state index contributed by atoms with van der Waals surface area (Å²) in [6.45, 7) is 10.8. The Hall–Kier alpha value is -1.99. The molecule has 0 saturated carbocycles. The van der Waals surface area contributed by atoms with E-state index in [1.807, 2.05) is 0 Å². The van der Waals surface area contributed by atoms with E-state index < -0.39 is 35.4 Å². The van der Waals surface area contributed by atoms with Crippen molar-refractivity contribution in [2.75, 3.05) is 13.7 Å². The molecule has 0 aliphatic carbocycles. The highest BCUT2D eigenvalue weighted by atomic mass is 16.6. The van der Waals surface area contributed by atoms with E-state index >= 15 is 0 Å². The smallest absolute Gasteiger partial charge is 0.408 e. The van der Waals surface area contributed by atoms with Gasteiger partial charge in [-0.3, -0.25) is 0 Å². The van der Waals surface area contributed by atoms with Crippen LogP contribution in [-0.4, -0.2) is 49.1 Å². The standard InChI is InChI=1S/C16H30N2O6/c1-15(2,3)23-13(20)17-10-8-9-11(12(19)22-7)18-14(21)24-16(4,5)6/h11H,8-10H2,1-7H3,(H,17,20)(H,18,21). The zero-order valence-corrected chi connectivity index (χ0v) is 15.6. The van der Waals surface area contributed by atoms with Crippen molar-refractivity contribution >= 4 is 18.2 Å². The van der Waals surface area contributed by atoms with Gasteiger partial charge in [-0.25, -0.2) is 14.4 Å². The van der Waals surface area contributed by atoms with Gasteiger partial charge in [0.25, 0.3) is 0 Å². The fraction of sp³-hybridized carbons (Fsp3) is 0.812. The Bertz CT molecular complexity index is 437. The second-order valence-electron chi connectivity index (χ2n) is 7.29. The summed E-state index contributed by atoms with van der Waals surface area (Å²) in [7, 11) is 1.24. The molecule has 1 unspecified atom stereocenters. The van der Waals surface area contributed by atoms with Crippen LogP contribution in [0, 0.1) is 0 Å². The fourth-order valence-corrected chi connectivity index (χ4v) is 1.65. The van der Waals surface area contributed by atoms with Gasteiger partial charge in [0.15, 0.2) is 0 Å². The van der Waals surface area contributed by atoms with Crippen molar-refractivity contribution in [2.45, 2.75) is 71.6 Å². The van der Waals surface area contributed by atoms with Crippen LogP contribution in [0.2, 0.25) is 0 Å².